The predicted molar refractivity (Wildman–Crippen MR) is 120 cm³/mol. The molecule has 0 bridgehead atoms. The van der Waals surface area contributed by atoms with Gasteiger partial charge in [0.25, 0.3) is 5.69 Å². The second-order valence-corrected chi connectivity index (χ2v) is 7.71. The minimum atomic E-state index is -0.417. The molecule has 0 radical (unpaired) electrons. The Morgan fingerprint density at radius 1 is 0.967 bits per heavy atom. The van der Waals surface area contributed by atoms with Crippen LogP contribution >= 0.6 is 15.9 Å². The first-order chi connectivity index (χ1) is 14.5. The highest BCUT2D eigenvalue weighted by Gasteiger charge is 2.15. The van der Waals surface area contributed by atoms with Crippen molar-refractivity contribution in [3.63, 3.8) is 0 Å². The second-order valence-electron chi connectivity index (χ2n) is 6.86. The van der Waals surface area contributed by atoms with E-state index in [-0.39, 0.29) is 12.3 Å². The third-order valence-corrected chi connectivity index (χ3v) is 5.41. The highest BCUT2D eigenvalue weighted by molar-refractivity contribution is 9.10. The largest absolute Gasteiger partial charge is 0.493 e. The van der Waals surface area contributed by atoms with E-state index in [1.165, 1.54) is 23.3 Å². The van der Waals surface area contributed by atoms with Gasteiger partial charge in [-0.05, 0) is 42.3 Å². The van der Waals surface area contributed by atoms with E-state index in [0.717, 1.165) is 22.1 Å². The third-order valence-electron chi connectivity index (χ3n) is 4.67. The van der Waals surface area contributed by atoms with Gasteiger partial charge in [-0.2, -0.15) is 0 Å². The van der Waals surface area contributed by atoms with Crippen molar-refractivity contribution in [1.82, 2.24) is 5.32 Å². The minimum absolute atomic E-state index is 0.0554. The average molecular weight is 471 g/mol. The molecule has 0 fully saturated rings. The van der Waals surface area contributed by atoms with Gasteiger partial charge in [0.1, 0.15) is 6.61 Å². The highest BCUT2D eigenvalue weighted by Crippen LogP contribution is 2.37. The molecular formula is C23H23BrN2O4. The monoisotopic (exact) mass is 470 g/mol. The lowest BCUT2D eigenvalue weighted by Crippen LogP contribution is -2.14. The van der Waals surface area contributed by atoms with Crippen LogP contribution in [0.15, 0.2) is 65.1 Å². The number of hydrogen-bond donors (Lipinski definition) is 1. The summed E-state index contributed by atoms with van der Waals surface area (Å²) in [4.78, 5) is 10.4. The van der Waals surface area contributed by atoms with Gasteiger partial charge >= 0.3 is 0 Å². The van der Waals surface area contributed by atoms with Gasteiger partial charge in [-0.3, -0.25) is 10.1 Å². The number of halogens is 1. The van der Waals surface area contributed by atoms with Crippen LogP contribution < -0.4 is 14.8 Å². The Hall–Kier alpha value is -2.90. The van der Waals surface area contributed by atoms with Gasteiger partial charge < -0.3 is 14.8 Å². The lowest BCUT2D eigenvalue weighted by molar-refractivity contribution is -0.384. The Bertz CT molecular complexity index is 1000. The first-order valence-electron chi connectivity index (χ1n) is 9.45. The van der Waals surface area contributed by atoms with Crippen molar-refractivity contribution in [2.24, 2.45) is 0 Å². The fraction of sp³-hybridized carbons (Fsp3) is 0.217. The molecule has 0 aliphatic carbocycles. The zero-order valence-corrected chi connectivity index (χ0v) is 18.4. The van der Waals surface area contributed by atoms with Gasteiger partial charge in [0.05, 0.1) is 12.0 Å². The predicted octanol–water partition coefficient (Wildman–Crippen LogP) is 5.54. The maximum atomic E-state index is 10.8. The molecule has 156 valence electrons. The van der Waals surface area contributed by atoms with E-state index < -0.39 is 4.92 Å². The van der Waals surface area contributed by atoms with Crippen LogP contribution in [0.4, 0.5) is 5.69 Å². The van der Waals surface area contributed by atoms with Crippen LogP contribution in [0.2, 0.25) is 0 Å². The maximum absolute atomic E-state index is 10.8. The molecule has 0 atom stereocenters. The van der Waals surface area contributed by atoms with Gasteiger partial charge in [-0.15, -0.1) is 0 Å². The molecule has 3 aromatic rings. The van der Waals surface area contributed by atoms with E-state index in [9.17, 15) is 10.1 Å². The fourth-order valence-corrected chi connectivity index (χ4v) is 3.43. The number of methoxy groups -OCH3 is 1. The molecule has 0 saturated heterocycles. The normalized spacial score (nSPS) is 10.6. The number of hydrogen-bond acceptors (Lipinski definition) is 5. The van der Waals surface area contributed by atoms with Crippen LogP contribution in [0.1, 0.15) is 22.3 Å². The molecule has 0 amide bonds. The van der Waals surface area contributed by atoms with Crippen molar-refractivity contribution in [3.05, 3.63) is 97.5 Å². The molecule has 3 rings (SSSR count). The van der Waals surface area contributed by atoms with Crippen molar-refractivity contribution < 1.29 is 14.4 Å². The Morgan fingerprint density at radius 2 is 1.63 bits per heavy atom. The summed E-state index contributed by atoms with van der Waals surface area (Å²) < 4.78 is 12.5. The number of benzene rings is 3. The molecule has 0 aliphatic rings. The Morgan fingerprint density at radius 3 is 2.27 bits per heavy atom. The molecule has 3 aromatic carbocycles. The fourth-order valence-electron chi connectivity index (χ4n) is 2.97. The lowest BCUT2D eigenvalue weighted by atomic mass is 10.1. The Kier molecular flexibility index (Phi) is 7.43. The van der Waals surface area contributed by atoms with E-state index in [0.29, 0.717) is 18.0 Å². The third kappa shape index (κ3) is 5.58. The van der Waals surface area contributed by atoms with Crippen molar-refractivity contribution in [2.45, 2.75) is 26.6 Å². The summed E-state index contributed by atoms with van der Waals surface area (Å²) in [6.07, 6.45) is 0. The summed E-state index contributed by atoms with van der Waals surface area (Å²) in [5, 5.41) is 14.3. The quantitative estimate of drug-likeness (QED) is 0.328. The summed E-state index contributed by atoms with van der Waals surface area (Å²) in [6.45, 7) is 3.65. The zero-order valence-electron chi connectivity index (χ0n) is 16.9. The second kappa shape index (κ2) is 10.2. The molecule has 0 aromatic heterocycles. The lowest BCUT2D eigenvalue weighted by Gasteiger charge is -2.17. The molecule has 0 aliphatic heterocycles. The van der Waals surface area contributed by atoms with Gasteiger partial charge in [-0.1, -0.05) is 45.8 Å². The minimum Gasteiger partial charge on any atom is -0.493 e. The Labute approximate surface area is 184 Å². The SMILES string of the molecule is COc1ccc(Br)c(CNCc2ccc(C)cc2)c1OCc1ccc([N+](=O)[O-])cc1. The van der Waals surface area contributed by atoms with Crippen LogP contribution in [-0.2, 0) is 19.7 Å². The number of nitrogens with one attached hydrogen (secondary N) is 1. The molecule has 7 heteroatoms. The number of aryl methyl sites for hydroxylation is 1. The molecule has 30 heavy (non-hydrogen) atoms. The Balaban J connectivity index is 1.72. The van der Waals surface area contributed by atoms with Crippen LogP contribution in [-0.4, -0.2) is 12.0 Å². The highest BCUT2D eigenvalue weighted by atomic mass is 79.9. The van der Waals surface area contributed by atoms with Gasteiger partial charge in [-0.25, -0.2) is 0 Å². The summed E-state index contributed by atoms with van der Waals surface area (Å²) in [6, 6.07) is 18.5. The van der Waals surface area contributed by atoms with Crippen LogP contribution in [0, 0.1) is 17.0 Å². The van der Waals surface area contributed by atoms with Crippen molar-refractivity contribution in [3.8, 4) is 11.5 Å². The molecular weight excluding hydrogens is 448 g/mol. The number of nitro benzene ring substituents is 1. The molecule has 0 heterocycles. The molecule has 0 spiro atoms. The van der Waals surface area contributed by atoms with E-state index in [1.807, 2.05) is 12.1 Å². The van der Waals surface area contributed by atoms with Crippen LogP contribution in [0.25, 0.3) is 0 Å². The zero-order chi connectivity index (χ0) is 21.5. The van der Waals surface area contributed by atoms with E-state index in [2.05, 4.69) is 52.4 Å². The summed E-state index contributed by atoms with van der Waals surface area (Å²) >= 11 is 3.61. The summed E-state index contributed by atoms with van der Waals surface area (Å²) in [5.74, 6) is 1.27. The van der Waals surface area contributed by atoms with Crippen molar-refractivity contribution in [2.75, 3.05) is 7.11 Å². The molecule has 1 N–H and O–H groups in total. The van der Waals surface area contributed by atoms with Crippen molar-refractivity contribution >= 4 is 21.6 Å². The first-order valence-corrected chi connectivity index (χ1v) is 10.2. The number of nitro groups is 1. The van der Waals surface area contributed by atoms with Crippen molar-refractivity contribution in [1.29, 1.82) is 0 Å². The van der Waals surface area contributed by atoms with Crippen LogP contribution in [0.5, 0.6) is 11.5 Å². The van der Waals surface area contributed by atoms with Gasteiger partial charge in [0, 0.05) is 35.3 Å². The van der Waals surface area contributed by atoms with E-state index >= 15 is 0 Å². The number of ether oxygens (including phenoxy) is 2. The van der Waals surface area contributed by atoms with E-state index in [4.69, 9.17) is 9.47 Å². The average Bonchev–Trinajstić information content (AvgIpc) is 2.75. The molecule has 0 saturated carbocycles. The smallest absolute Gasteiger partial charge is 0.269 e. The van der Waals surface area contributed by atoms with Gasteiger partial charge in [0.15, 0.2) is 11.5 Å². The van der Waals surface area contributed by atoms with Gasteiger partial charge in [0.2, 0.25) is 0 Å². The standard InChI is InChI=1S/C23H23BrN2O4/c1-16-3-5-17(6-4-16)13-25-14-20-21(24)11-12-22(29-2)23(20)30-15-18-7-9-19(10-8-18)26(27)28/h3-12,25H,13-15H2,1-2H3. The van der Waals surface area contributed by atoms with Crippen LogP contribution in [0.3, 0.4) is 0 Å². The number of nitrogens with zero attached hydrogens (tertiary/aromatic N) is 1. The maximum Gasteiger partial charge on any atom is 0.269 e. The summed E-state index contributed by atoms with van der Waals surface area (Å²) in [5.41, 5.74) is 4.27. The number of non-ortho nitro benzene ring substituents is 1. The summed E-state index contributed by atoms with van der Waals surface area (Å²) in [7, 11) is 1.60. The first kappa shape index (κ1) is 21.8. The number of rotatable bonds is 9. The topological polar surface area (TPSA) is 73.6 Å². The molecule has 0 unspecified atom stereocenters. The van der Waals surface area contributed by atoms with E-state index in [1.54, 1.807) is 19.2 Å². The molecule has 6 nitrogen and oxygen atoms in total.